The molecule has 2 rings (SSSR count). The Morgan fingerprint density at radius 1 is 1.71 bits per heavy atom. The second kappa shape index (κ2) is 3.30. The lowest BCUT2D eigenvalue weighted by Crippen LogP contribution is -2.16. The molecule has 0 unspecified atom stereocenters. The SMILES string of the molecule is NC(=O)c1cnn([C@@H]2CCOC2)c1N. The summed E-state index contributed by atoms with van der Waals surface area (Å²) in [5.74, 6) is -0.222. The number of nitrogens with two attached hydrogens (primary N) is 2. The van der Waals surface area contributed by atoms with Crippen LogP contribution >= 0.6 is 0 Å². The molecule has 0 spiro atoms. The van der Waals surface area contributed by atoms with E-state index in [0.717, 1.165) is 6.42 Å². The minimum atomic E-state index is -0.548. The fourth-order valence-electron chi connectivity index (χ4n) is 1.57. The van der Waals surface area contributed by atoms with Gasteiger partial charge < -0.3 is 16.2 Å². The molecule has 0 radical (unpaired) electrons. The van der Waals surface area contributed by atoms with Crippen molar-refractivity contribution in [1.82, 2.24) is 9.78 Å². The molecule has 0 bridgehead atoms. The molecule has 14 heavy (non-hydrogen) atoms. The van der Waals surface area contributed by atoms with Gasteiger partial charge in [0.1, 0.15) is 11.4 Å². The summed E-state index contributed by atoms with van der Waals surface area (Å²) in [6, 6.07) is 0.128. The van der Waals surface area contributed by atoms with Crippen molar-refractivity contribution >= 4 is 11.7 Å². The Morgan fingerprint density at radius 2 is 2.50 bits per heavy atom. The highest BCUT2D eigenvalue weighted by atomic mass is 16.5. The van der Waals surface area contributed by atoms with Crippen molar-refractivity contribution in [2.75, 3.05) is 18.9 Å². The molecule has 6 heteroatoms. The molecule has 0 aliphatic carbocycles. The minimum absolute atomic E-state index is 0.128. The van der Waals surface area contributed by atoms with Gasteiger partial charge in [0.15, 0.2) is 0 Å². The lowest BCUT2D eigenvalue weighted by atomic mass is 10.2. The molecule has 1 amide bonds. The van der Waals surface area contributed by atoms with Crippen molar-refractivity contribution in [1.29, 1.82) is 0 Å². The van der Waals surface area contributed by atoms with Gasteiger partial charge in [0.25, 0.3) is 5.91 Å². The molecule has 1 aliphatic heterocycles. The monoisotopic (exact) mass is 196 g/mol. The summed E-state index contributed by atoms with van der Waals surface area (Å²) in [6.07, 6.45) is 2.26. The summed E-state index contributed by atoms with van der Waals surface area (Å²) in [7, 11) is 0. The Hall–Kier alpha value is -1.56. The largest absolute Gasteiger partial charge is 0.383 e. The Labute approximate surface area is 80.8 Å². The third-order valence-electron chi connectivity index (χ3n) is 2.35. The molecule has 6 nitrogen and oxygen atoms in total. The van der Waals surface area contributed by atoms with Gasteiger partial charge >= 0.3 is 0 Å². The fraction of sp³-hybridized carbons (Fsp3) is 0.500. The topological polar surface area (TPSA) is 96.2 Å². The smallest absolute Gasteiger partial charge is 0.254 e. The Kier molecular flexibility index (Phi) is 2.12. The highest BCUT2D eigenvalue weighted by Crippen LogP contribution is 2.22. The molecule has 1 aliphatic rings. The minimum Gasteiger partial charge on any atom is -0.383 e. The number of primary amides is 1. The average Bonchev–Trinajstić information content (AvgIpc) is 2.71. The van der Waals surface area contributed by atoms with Crippen molar-refractivity contribution in [2.24, 2.45) is 5.73 Å². The molecule has 1 aromatic heterocycles. The fourth-order valence-corrected chi connectivity index (χ4v) is 1.57. The summed E-state index contributed by atoms with van der Waals surface area (Å²) in [4.78, 5) is 10.9. The van der Waals surface area contributed by atoms with E-state index in [1.807, 2.05) is 0 Å². The number of hydrogen-bond donors (Lipinski definition) is 2. The van der Waals surface area contributed by atoms with Crippen LogP contribution in [-0.2, 0) is 4.74 Å². The van der Waals surface area contributed by atoms with E-state index < -0.39 is 5.91 Å². The first-order valence-corrected chi connectivity index (χ1v) is 4.40. The first kappa shape index (κ1) is 9.01. The number of nitrogen functional groups attached to an aromatic ring is 1. The Bertz CT molecular complexity index is 354. The lowest BCUT2D eigenvalue weighted by molar-refractivity contribution is 0.100. The van der Waals surface area contributed by atoms with Gasteiger partial charge in [-0.15, -0.1) is 0 Å². The van der Waals surface area contributed by atoms with Crippen molar-refractivity contribution in [2.45, 2.75) is 12.5 Å². The van der Waals surface area contributed by atoms with Crippen molar-refractivity contribution in [3.05, 3.63) is 11.8 Å². The van der Waals surface area contributed by atoms with E-state index in [2.05, 4.69) is 5.10 Å². The molecule has 0 saturated carbocycles. The molecule has 4 N–H and O–H groups in total. The predicted molar refractivity (Wildman–Crippen MR) is 49.6 cm³/mol. The van der Waals surface area contributed by atoms with E-state index in [1.54, 1.807) is 4.68 Å². The maximum atomic E-state index is 10.9. The van der Waals surface area contributed by atoms with Gasteiger partial charge in [-0.3, -0.25) is 4.79 Å². The quantitative estimate of drug-likeness (QED) is 0.668. The molecule has 1 fully saturated rings. The summed E-state index contributed by atoms with van der Waals surface area (Å²) >= 11 is 0. The molecular weight excluding hydrogens is 184 g/mol. The van der Waals surface area contributed by atoms with Crippen LogP contribution in [0.4, 0.5) is 5.82 Å². The van der Waals surface area contributed by atoms with Crippen LogP contribution in [0.1, 0.15) is 22.8 Å². The van der Waals surface area contributed by atoms with E-state index in [4.69, 9.17) is 16.2 Å². The third kappa shape index (κ3) is 1.33. The summed E-state index contributed by atoms with van der Waals surface area (Å²) < 4.78 is 6.81. The van der Waals surface area contributed by atoms with Crippen LogP contribution in [0.25, 0.3) is 0 Å². The number of aromatic nitrogens is 2. The zero-order valence-electron chi connectivity index (χ0n) is 7.64. The van der Waals surface area contributed by atoms with Crippen molar-refractivity contribution in [3.8, 4) is 0 Å². The van der Waals surface area contributed by atoms with Gasteiger partial charge in [-0.1, -0.05) is 0 Å². The number of amides is 1. The van der Waals surface area contributed by atoms with Gasteiger partial charge in [-0.25, -0.2) is 4.68 Å². The normalized spacial score (nSPS) is 21.3. The molecule has 1 atom stereocenters. The molecular formula is C8H12N4O2. The number of rotatable bonds is 2. The van der Waals surface area contributed by atoms with E-state index in [1.165, 1.54) is 6.20 Å². The maximum Gasteiger partial charge on any atom is 0.254 e. The lowest BCUT2D eigenvalue weighted by Gasteiger charge is -2.09. The first-order chi connectivity index (χ1) is 6.70. The Morgan fingerprint density at radius 3 is 3.00 bits per heavy atom. The Balaban J connectivity index is 2.30. The van der Waals surface area contributed by atoms with E-state index in [0.29, 0.717) is 19.0 Å². The van der Waals surface area contributed by atoms with Crippen LogP contribution in [0, 0.1) is 0 Å². The second-order valence-corrected chi connectivity index (χ2v) is 3.27. The number of carbonyl (C=O) groups excluding carboxylic acids is 1. The highest BCUT2D eigenvalue weighted by molar-refractivity contribution is 5.96. The summed E-state index contributed by atoms with van der Waals surface area (Å²) in [5, 5.41) is 4.03. The van der Waals surface area contributed by atoms with Gasteiger partial charge in [0, 0.05) is 6.61 Å². The van der Waals surface area contributed by atoms with Crippen molar-refractivity contribution in [3.63, 3.8) is 0 Å². The van der Waals surface area contributed by atoms with Crippen molar-refractivity contribution < 1.29 is 9.53 Å². The average molecular weight is 196 g/mol. The number of hydrogen-bond acceptors (Lipinski definition) is 4. The van der Waals surface area contributed by atoms with Crippen LogP contribution < -0.4 is 11.5 Å². The maximum absolute atomic E-state index is 10.9. The van der Waals surface area contributed by atoms with Crippen LogP contribution in [-0.4, -0.2) is 28.9 Å². The standard InChI is InChI=1S/C8H12N4O2/c9-7-6(8(10)13)3-11-12(7)5-1-2-14-4-5/h3,5H,1-2,4,9H2,(H2,10,13)/t5-/m1/s1. The predicted octanol–water partition coefficient (Wildman–Crippen LogP) is -0.474. The number of nitrogens with zero attached hydrogens (tertiary/aromatic N) is 2. The van der Waals surface area contributed by atoms with Gasteiger partial charge in [0.2, 0.25) is 0 Å². The van der Waals surface area contributed by atoms with Gasteiger partial charge in [-0.2, -0.15) is 5.10 Å². The zero-order chi connectivity index (χ0) is 10.1. The number of ether oxygens (including phenoxy) is 1. The summed E-state index contributed by atoms with van der Waals surface area (Å²) in [6.45, 7) is 1.29. The number of anilines is 1. The van der Waals surface area contributed by atoms with E-state index >= 15 is 0 Å². The van der Waals surface area contributed by atoms with Crippen LogP contribution in [0.3, 0.4) is 0 Å². The highest BCUT2D eigenvalue weighted by Gasteiger charge is 2.22. The van der Waals surface area contributed by atoms with E-state index in [9.17, 15) is 4.79 Å². The zero-order valence-corrected chi connectivity index (χ0v) is 7.64. The second-order valence-electron chi connectivity index (χ2n) is 3.27. The van der Waals surface area contributed by atoms with E-state index in [-0.39, 0.29) is 11.6 Å². The molecule has 0 aromatic carbocycles. The molecule has 76 valence electrons. The third-order valence-corrected chi connectivity index (χ3v) is 2.35. The van der Waals surface area contributed by atoms with Crippen LogP contribution in [0.5, 0.6) is 0 Å². The molecule has 2 heterocycles. The molecule has 1 saturated heterocycles. The number of carbonyl (C=O) groups is 1. The first-order valence-electron chi connectivity index (χ1n) is 4.40. The van der Waals surface area contributed by atoms with Gasteiger partial charge in [-0.05, 0) is 6.42 Å². The molecule has 1 aromatic rings. The van der Waals surface area contributed by atoms with Crippen LogP contribution in [0.2, 0.25) is 0 Å². The van der Waals surface area contributed by atoms with Crippen LogP contribution in [0.15, 0.2) is 6.20 Å². The van der Waals surface area contributed by atoms with Gasteiger partial charge in [0.05, 0.1) is 18.8 Å². The summed E-state index contributed by atoms with van der Waals surface area (Å²) in [5.41, 5.74) is 11.1.